The molecule has 0 aliphatic rings. The molecule has 160 valence electrons. The summed E-state index contributed by atoms with van der Waals surface area (Å²) in [6.45, 7) is 5.28. The molecule has 1 unspecified atom stereocenters. The molecular formula is C20H30IN5O2S. The highest BCUT2D eigenvalue weighted by Gasteiger charge is 2.23. The van der Waals surface area contributed by atoms with Crippen LogP contribution >= 0.6 is 35.3 Å². The normalized spacial score (nSPS) is 13.2. The fourth-order valence-electron chi connectivity index (χ4n) is 2.49. The lowest BCUT2D eigenvalue weighted by molar-refractivity contribution is -0.128. The van der Waals surface area contributed by atoms with Gasteiger partial charge in [0.2, 0.25) is 5.91 Å². The van der Waals surface area contributed by atoms with Crippen LogP contribution in [0.3, 0.4) is 0 Å². The van der Waals surface area contributed by atoms with E-state index in [1.165, 1.54) is 0 Å². The number of aliphatic imine (C=N–C) groups is 1. The number of nitrogens with one attached hydrogen (secondary N) is 2. The van der Waals surface area contributed by atoms with E-state index in [-0.39, 0.29) is 36.4 Å². The maximum Gasteiger partial charge on any atom is 0.244 e. The van der Waals surface area contributed by atoms with Crippen LogP contribution in [0, 0.1) is 0 Å². The zero-order valence-electron chi connectivity index (χ0n) is 17.1. The number of hydrogen-bond acceptors (Lipinski definition) is 5. The Labute approximate surface area is 193 Å². The largest absolute Gasteiger partial charge is 0.384 e. The van der Waals surface area contributed by atoms with E-state index in [4.69, 9.17) is 0 Å². The lowest BCUT2D eigenvalue weighted by Crippen LogP contribution is -2.45. The molecule has 2 aromatic heterocycles. The van der Waals surface area contributed by atoms with Gasteiger partial charge in [-0.2, -0.15) is 11.3 Å². The standard InChI is InChI=1S/C20H29N5O2S.HI/c1-4-21-19(24-15-20(2,27)16-9-12-28-14-16)23-13-18(26)25(3)11-8-17-7-5-6-10-22-17;/h5-7,9-10,12,14,27H,4,8,11,13,15H2,1-3H3,(H2,21,23,24);1H. The highest BCUT2D eigenvalue weighted by Crippen LogP contribution is 2.21. The Kier molecular flexibility index (Phi) is 11.1. The molecule has 2 aromatic rings. The summed E-state index contributed by atoms with van der Waals surface area (Å²) in [5.41, 5.74) is 0.794. The Morgan fingerprint density at radius 3 is 2.76 bits per heavy atom. The summed E-state index contributed by atoms with van der Waals surface area (Å²) in [5.74, 6) is 0.433. The number of carbonyl (C=O) groups is 1. The summed E-state index contributed by atoms with van der Waals surface area (Å²) < 4.78 is 0. The molecule has 1 atom stereocenters. The first-order valence-corrected chi connectivity index (χ1v) is 10.3. The molecule has 3 N–H and O–H groups in total. The van der Waals surface area contributed by atoms with E-state index in [1.54, 1.807) is 36.4 Å². The molecule has 0 bridgehead atoms. The maximum absolute atomic E-state index is 12.4. The number of aromatic nitrogens is 1. The minimum atomic E-state index is -1.01. The SMILES string of the molecule is CCNC(=NCC(=O)N(C)CCc1ccccn1)NCC(C)(O)c1ccsc1.I. The predicted molar refractivity (Wildman–Crippen MR) is 129 cm³/mol. The third-order valence-corrected chi connectivity index (χ3v) is 5.00. The maximum atomic E-state index is 12.4. The number of thiophene rings is 1. The van der Waals surface area contributed by atoms with Crippen LogP contribution in [0.25, 0.3) is 0 Å². The highest BCUT2D eigenvalue weighted by atomic mass is 127. The molecule has 0 aliphatic carbocycles. The van der Waals surface area contributed by atoms with Gasteiger partial charge in [-0.25, -0.2) is 4.99 Å². The van der Waals surface area contributed by atoms with E-state index < -0.39 is 5.60 Å². The molecule has 0 fully saturated rings. The molecule has 2 heterocycles. The summed E-state index contributed by atoms with van der Waals surface area (Å²) in [6.07, 6.45) is 2.45. The number of halogens is 1. The molecule has 0 radical (unpaired) electrons. The summed E-state index contributed by atoms with van der Waals surface area (Å²) >= 11 is 1.54. The molecule has 2 rings (SSSR count). The van der Waals surface area contributed by atoms with Crippen molar-refractivity contribution in [1.82, 2.24) is 20.5 Å². The molecule has 9 heteroatoms. The second-order valence-corrected chi connectivity index (χ2v) is 7.50. The first-order chi connectivity index (χ1) is 13.4. The zero-order chi connectivity index (χ0) is 20.4. The van der Waals surface area contributed by atoms with Gasteiger partial charge in [0.15, 0.2) is 5.96 Å². The number of guanidine groups is 1. The van der Waals surface area contributed by atoms with Crippen molar-refractivity contribution >= 4 is 47.2 Å². The van der Waals surface area contributed by atoms with E-state index in [2.05, 4.69) is 20.6 Å². The Morgan fingerprint density at radius 1 is 1.34 bits per heavy atom. The van der Waals surface area contributed by atoms with Crippen molar-refractivity contribution in [3.63, 3.8) is 0 Å². The van der Waals surface area contributed by atoms with Crippen LogP contribution < -0.4 is 10.6 Å². The average Bonchev–Trinajstić information content (AvgIpc) is 3.24. The third kappa shape index (κ3) is 8.67. The number of hydrogen-bond donors (Lipinski definition) is 3. The first-order valence-electron chi connectivity index (χ1n) is 9.33. The number of nitrogens with zero attached hydrogens (tertiary/aromatic N) is 3. The molecule has 0 saturated heterocycles. The fourth-order valence-corrected chi connectivity index (χ4v) is 3.27. The van der Waals surface area contributed by atoms with Crippen LogP contribution in [-0.2, 0) is 16.8 Å². The molecule has 0 aromatic carbocycles. The Morgan fingerprint density at radius 2 is 2.14 bits per heavy atom. The van der Waals surface area contributed by atoms with Gasteiger partial charge in [-0.3, -0.25) is 9.78 Å². The van der Waals surface area contributed by atoms with Gasteiger partial charge in [-0.15, -0.1) is 24.0 Å². The topological polar surface area (TPSA) is 89.9 Å². The Balaban J connectivity index is 0.00000420. The molecule has 0 saturated carbocycles. The van der Waals surface area contributed by atoms with Gasteiger partial charge in [0.25, 0.3) is 0 Å². The third-order valence-electron chi connectivity index (χ3n) is 4.32. The number of carbonyl (C=O) groups excluding carboxylic acids is 1. The fraction of sp³-hybridized carbons (Fsp3) is 0.450. The molecule has 7 nitrogen and oxygen atoms in total. The average molecular weight is 531 g/mol. The quantitative estimate of drug-likeness (QED) is 0.263. The Bertz CT molecular complexity index is 753. The number of aliphatic hydroxyl groups is 1. The van der Waals surface area contributed by atoms with Crippen LogP contribution in [0.4, 0.5) is 0 Å². The summed E-state index contributed by atoms with van der Waals surface area (Å²) in [4.78, 5) is 22.6. The van der Waals surface area contributed by atoms with Crippen molar-refractivity contribution in [2.75, 3.05) is 33.2 Å². The van der Waals surface area contributed by atoms with Gasteiger partial charge in [0.05, 0.1) is 6.54 Å². The minimum Gasteiger partial charge on any atom is -0.384 e. The van der Waals surface area contributed by atoms with Crippen molar-refractivity contribution in [2.24, 2.45) is 4.99 Å². The van der Waals surface area contributed by atoms with Crippen LogP contribution in [0.5, 0.6) is 0 Å². The van der Waals surface area contributed by atoms with E-state index >= 15 is 0 Å². The van der Waals surface area contributed by atoms with Gasteiger partial charge >= 0.3 is 0 Å². The van der Waals surface area contributed by atoms with Gasteiger partial charge < -0.3 is 20.6 Å². The van der Waals surface area contributed by atoms with E-state index in [0.717, 1.165) is 11.3 Å². The molecule has 0 spiro atoms. The van der Waals surface area contributed by atoms with Crippen molar-refractivity contribution in [3.8, 4) is 0 Å². The zero-order valence-corrected chi connectivity index (χ0v) is 20.2. The van der Waals surface area contributed by atoms with Crippen molar-refractivity contribution < 1.29 is 9.90 Å². The smallest absolute Gasteiger partial charge is 0.244 e. The highest BCUT2D eigenvalue weighted by molar-refractivity contribution is 14.0. The number of likely N-dealkylation sites (N-methyl/N-ethyl adjacent to an activating group) is 1. The number of pyridine rings is 1. The monoisotopic (exact) mass is 531 g/mol. The van der Waals surface area contributed by atoms with Gasteiger partial charge in [0.1, 0.15) is 12.1 Å². The van der Waals surface area contributed by atoms with Gasteiger partial charge in [-0.05, 0) is 48.4 Å². The van der Waals surface area contributed by atoms with Crippen LogP contribution in [0.1, 0.15) is 25.1 Å². The lowest BCUT2D eigenvalue weighted by Gasteiger charge is -2.24. The first kappa shape index (κ1) is 25.3. The summed E-state index contributed by atoms with van der Waals surface area (Å²) in [7, 11) is 1.77. The van der Waals surface area contributed by atoms with E-state index in [9.17, 15) is 9.90 Å². The van der Waals surface area contributed by atoms with E-state index in [0.29, 0.717) is 32.0 Å². The summed E-state index contributed by atoms with van der Waals surface area (Å²) in [6, 6.07) is 7.66. The Hall–Kier alpha value is -1.72. The second kappa shape index (κ2) is 12.8. The number of amides is 1. The van der Waals surface area contributed by atoms with Crippen LogP contribution in [0.2, 0.25) is 0 Å². The minimum absolute atomic E-state index is 0. The predicted octanol–water partition coefficient (Wildman–Crippen LogP) is 2.22. The van der Waals surface area contributed by atoms with Crippen molar-refractivity contribution in [2.45, 2.75) is 25.9 Å². The number of rotatable bonds is 9. The molecule has 0 aliphatic heterocycles. The van der Waals surface area contributed by atoms with Crippen LogP contribution in [-0.4, -0.2) is 60.1 Å². The molecule has 29 heavy (non-hydrogen) atoms. The molecule has 1 amide bonds. The lowest BCUT2D eigenvalue weighted by atomic mass is 9.99. The second-order valence-electron chi connectivity index (χ2n) is 6.72. The van der Waals surface area contributed by atoms with Gasteiger partial charge in [0, 0.05) is 38.4 Å². The summed E-state index contributed by atoms with van der Waals surface area (Å²) in [5, 5.41) is 20.7. The van der Waals surface area contributed by atoms with Gasteiger partial charge in [-0.1, -0.05) is 6.07 Å². The van der Waals surface area contributed by atoms with Crippen molar-refractivity contribution in [1.29, 1.82) is 0 Å². The van der Waals surface area contributed by atoms with E-state index in [1.807, 2.05) is 41.9 Å². The van der Waals surface area contributed by atoms with Crippen molar-refractivity contribution in [3.05, 3.63) is 52.5 Å². The van der Waals surface area contributed by atoms with Crippen LogP contribution in [0.15, 0.2) is 46.2 Å². The molecular weight excluding hydrogens is 501 g/mol.